The Morgan fingerprint density at radius 2 is 2.21 bits per heavy atom. The number of nitrogens with one attached hydrogen (secondary N) is 2. The van der Waals surface area contributed by atoms with Gasteiger partial charge in [-0.1, -0.05) is 18.2 Å². The van der Waals surface area contributed by atoms with Gasteiger partial charge in [-0.3, -0.25) is 0 Å². The Kier molecular flexibility index (Phi) is 4.76. The van der Waals surface area contributed by atoms with Gasteiger partial charge in [-0.25, -0.2) is 4.79 Å². The Morgan fingerprint density at radius 1 is 1.47 bits per heavy atom. The summed E-state index contributed by atoms with van der Waals surface area (Å²) >= 11 is 0. The largest absolute Gasteiger partial charge is 0.326 e. The van der Waals surface area contributed by atoms with E-state index >= 15 is 0 Å². The summed E-state index contributed by atoms with van der Waals surface area (Å²) in [7, 11) is 3.94. The zero-order valence-corrected chi connectivity index (χ0v) is 11.6. The van der Waals surface area contributed by atoms with E-state index in [1.807, 2.05) is 37.4 Å². The van der Waals surface area contributed by atoms with E-state index in [2.05, 4.69) is 22.6 Å². The van der Waals surface area contributed by atoms with E-state index in [4.69, 9.17) is 0 Å². The SMILES string of the molecule is CN1CCNC(CN(C)C(=O)Nc2ccccc2)C1. The summed E-state index contributed by atoms with van der Waals surface area (Å²) in [6.07, 6.45) is 0. The van der Waals surface area contributed by atoms with E-state index in [9.17, 15) is 4.79 Å². The highest BCUT2D eigenvalue weighted by Crippen LogP contribution is 2.06. The number of carbonyl (C=O) groups excluding carboxylic acids is 1. The summed E-state index contributed by atoms with van der Waals surface area (Å²) in [5.41, 5.74) is 0.827. The van der Waals surface area contributed by atoms with E-state index in [-0.39, 0.29) is 6.03 Å². The molecule has 5 heteroatoms. The van der Waals surface area contributed by atoms with Gasteiger partial charge in [0.2, 0.25) is 0 Å². The second-order valence-corrected chi connectivity index (χ2v) is 5.09. The van der Waals surface area contributed by atoms with Gasteiger partial charge in [0.15, 0.2) is 0 Å². The van der Waals surface area contributed by atoms with Crippen molar-refractivity contribution in [2.75, 3.05) is 45.6 Å². The van der Waals surface area contributed by atoms with E-state index in [0.29, 0.717) is 12.6 Å². The molecule has 1 aliphatic rings. The Hall–Kier alpha value is -1.59. The number of likely N-dealkylation sites (N-methyl/N-ethyl adjacent to an activating group) is 2. The van der Waals surface area contributed by atoms with Gasteiger partial charge >= 0.3 is 6.03 Å². The Labute approximate surface area is 114 Å². The summed E-state index contributed by atoms with van der Waals surface area (Å²) in [6, 6.07) is 9.80. The first-order valence-corrected chi connectivity index (χ1v) is 6.64. The standard InChI is InChI=1S/C14H22N4O/c1-17-9-8-15-13(10-17)11-18(2)14(19)16-12-6-4-3-5-7-12/h3-7,13,15H,8-11H2,1-2H3,(H,16,19). The van der Waals surface area contributed by atoms with E-state index in [1.165, 1.54) is 0 Å². The predicted molar refractivity (Wildman–Crippen MR) is 77.4 cm³/mol. The van der Waals surface area contributed by atoms with Gasteiger partial charge in [0.25, 0.3) is 0 Å². The van der Waals surface area contributed by atoms with Crippen molar-refractivity contribution in [3.8, 4) is 0 Å². The van der Waals surface area contributed by atoms with Crippen molar-refractivity contribution in [3.05, 3.63) is 30.3 Å². The monoisotopic (exact) mass is 262 g/mol. The van der Waals surface area contributed by atoms with Crippen LogP contribution in [-0.2, 0) is 0 Å². The lowest BCUT2D eigenvalue weighted by atomic mass is 10.2. The summed E-state index contributed by atoms with van der Waals surface area (Å²) in [6.45, 7) is 3.73. The van der Waals surface area contributed by atoms with E-state index in [0.717, 1.165) is 25.3 Å². The highest BCUT2D eigenvalue weighted by atomic mass is 16.2. The van der Waals surface area contributed by atoms with Crippen LogP contribution in [0, 0.1) is 0 Å². The minimum absolute atomic E-state index is 0.0683. The van der Waals surface area contributed by atoms with Gasteiger partial charge in [-0.05, 0) is 19.2 Å². The molecule has 0 aromatic heterocycles. The number of anilines is 1. The smallest absolute Gasteiger partial charge is 0.321 e. The van der Waals surface area contributed by atoms with Gasteiger partial charge < -0.3 is 20.4 Å². The zero-order chi connectivity index (χ0) is 13.7. The number of urea groups is 1. The molecule has 1 atom stereocenters. The number of hydrogen-bond acceptors (Lipinski definition) is 3. The van der Waals surface area contributed by atoms with Crippen LogP contribution in [0.15, 0.2) is 30.3 Å². The Morgan fingerprint density at radius 3 is 2.89 bits per heavy atom. The molecule has 0 saturated carbocycles. The average Bonchev–Trinajstić information content (AvgIpc) is 2.40. The summed E-state index contributed by atoms with van der Waals surface area (Å²) in [5.74, 6) is 0. The van der Waals surface area contributed by atoms with Crippen LogP contribution in [0.5, 0.6) is 0 Å². The molecule has 2 N–H and O–H groups in total. The van der Waals surface area contributed by atoms with Crippen LogP contribution in [0.1, 0.15) is 0 Å². The number of benzene rings is 1. The molecule has 2 rings (SSSR count). The lowest BCUT2D eigenvalue weighted by Gasteiger charge is -2.33. The number of nitrogens with zero attached hydrogens (tertiary/aromatic N) is 2. The summed E-state index contributed by atoms with van der Waals surface area (Å²) < 4.78 is 0. The van der Waals surface area contributed by atoms with Gasteiger partial charge in [0, 0.05) is 45.0 Å². The molecular weight excluding hydrogens is 240 g/mol. The molecule has 2 amide bonds. The maximum absolute atomic E-state index is 12.0. The quantitative estimate of drug-likeness (QED) is 0.856. The molecular formula is C14H22N4O. The van der Waals surface area contributed by atoms with Crippen LogP contribution < -0.4 is 10.6 Å². The highest BCUT2D eigenvalue weighted by Gasteiger charge is 2.20. The van der Waals surface area contributed by atoms with E-state index < -0.39 is 0 Å². The highest BCUT2D eigenvalue weighted by molar-refractivity contribution is 5.89. The molecule has 0 bridgehead atoms. The van der Waals surface area contributed by atoms with Crippen molar-refractivity contribution in [1.82, 2.24) is 15.1 Å². The maximum Gasteiger partial charge on any atom is 0.321 e. The van der Waals surface area contributed by atoms with Crippen molar-refractivity contribution < 1.29 is 4.79 Å². The van der Waals surface area contributed by atoms with Gasteiger partial charge in [-0.15, -0.1) is 0 Å². The van der Waals surface area contributed by atoms with Gasteiger partial charge in [0.05, 0.1) is 0 Å². The van der Waals surface area contributed by atoms with Gasteiger partial charge in [-0.2, -0.15) is 0 Å². The van der Waals surface area contributed by atoms with Crippen LogP contribution in [-0.4, -0.2) is 62.1 Å². The van der Waals surface area contributed by atoms with Crippen molar-refractivity contribution in [2.24, 2.45) is 0 Å². The molecule has 1 aliphatic heterocycles. The number of rotatable bonds is 3. The fourth-order valence-electron chi connectivity index (χ4n) is 2.27. The fraction of sp³-hybridized carbons (Fsp3) is 0.500. The van der Waals surface area contributed by atoms with Crippen LogP contribution in [0.2, 0.25) is 0 Å². The molecule has 0 radical (unpaired) electrons. The van der Waals surface area contributed by atoms with Crippen LogP contribution in [0.4, 0.5) is 10.5 Å². The molecule has 104 valence electrons. The van der Waals surface area contributed by atoms with Crippen molar-refractivity contribution >= 4 is 11.7 Å². The molecule has 19 heavy (non-hydrogen) atoms. The third-order valence-corrected chi connectivity index (χ3v) is 3.32. The topological polar surface area (TPSA) is 47.6 Å². The molecule has 5 nitrogen and oxygen atoms in total. The first-order chi connectivity index (χ1) is 9.15. The number of carbonyl (C=O) groups is 1. The predicted octanol–water partition coefficient (Wildman–Crippen LogP) is 1.05. The second kappa shape index (κ2) is 6.54. The molecule has 1 fully saturated rings. The summed E-state index contributed by atoms with van der Waals surface area (Å²) in [4.78, 5) is 16.0. The number of piperazine rings is 1. The van der Waals surface area contributed by atoms with Crippen molar-refractivity contribution in [1.29, 1.82) is 0 Å². The first kappa shape index (κ1) is 13.8. The molecule has 1 unspecified atom stereocenters. The second-order valence-electron chi connectivity index (χ2n) is 5.09. The molecule has 0 aliphatic carbocycles. The third kappa shape index (κ3) is 4.22. The van der Waals surface area contributed by atoms with Crippen LogP contribution >= 0.6 is 0 Å². The van der Waals surface area contributed by atoms with Crippen molar-refractivity contribution in [3.63, 3.8) is 0 Å². The molecule has 1 aromatic rings. The molecule has 1 saturated heterocycles. The minimum Gasteiger partial charge on any atom is -0.326 e. The number of para-hydroxylation sites is 1. The molecule has 1 aromatic carbocycles. The molecule has 0 spiro atoms. The lowest BCUT2D eigenvalue weighted by Crippen LogP contribution is -2.54. The van der Waals surface area contributed by atoms with Crippen LogP contribution in [0.25, 0.3) is 0 Å². The Bertz CT molecular complexity index is 409. The van der Waals surface area contributed by atoms with Crippen LogP contribution in [0.3, 0.4) is 0 Å². The summed E-state index contributed by atoms with van der Waals surface area (Å²) in [5, 5.41) is 6.32. The Balaban J connectivity index is 1.82. The number of amides is 2. The van der Waals surface area contributed by atoms with Gasteiger partial charge in [0.1, 0.15) is 0 Å². The number of hydrogen-bond donors (Lipinski definition) is 2. The minimum atomic E-state index is -0.0683. The first-order valence-electron chi connectivity index (χ1n) is 6.64. The van der Waals surface area contributed by atoms with E-state index in [1.54, 1.807) is 4.90 Å². The average molecular weight is 262 g/mol. The lowest BCUT2D eigenvalue weighted by molar-refractivity contribution is 0.190. The maximum atomic E-state index is 12.0. The third-order valence-electron chi connectivity index (χ3n) is 3.32. The normalized spacial score (nSPS) is 20.0. The molecule has 1 heterocycles. The van der Waals surface area contributed by atoms with Crippen molar-refractivity contribution in [2.45, 2.75) is 6.04 Å². The fourth-order valence-corrected chi connectivity index (χ4v) is 2.27. The zero-order valence-electron chi connectivity index (χ0n) is 11.6.